The summed E-state index contributed by atoms with van der Waals surface area (Å²) in [6, 6.07) is 11.0. The SMILES string of the molecule is O=C(/C=C/c1ccc(O)c(O)c1)OC[C@H]1O[C@H](O[C@H]2[C@H](O)[C@@H](O)[C@H](CO)O[C@@H]2c2c(O)cc(O)c3c(=O)cc(-c4ccc(O)cc4)oc23)[C@H](O)[C@@H](O)[C@H]1O. The molecule has 1 aromatic heterocycles. The quantitative estimate of drug-likeness (QED) is 0.0588. The maximum Gasteiger partial charge on any atom is 0.330 e. The summed E-state index contributed by atoms with van der Waals surface area (Å²) in [6.45, 7) is -1.59. The first-order chi connectivity index (χ1) is 25.7. The highest BCUT2D eigenvalue weighted by atomic mass is 16.7. The van der Waals surface area contributed by atoms with Crippen LogP contribution in [0.25, 0.3) is 28.4 Å². The first kappa shape index (κ1) is 38.4. The van der Waals surface area contributed by atoms with Gasteiger partial charge in [0.1, 0.15) is 89.9 Å². The van der Waals surface area contributed by atoms with Crippen molar-refractivity contribution in [1.29, 1.82) is 0 Å². The minimum Gasteiger partial charge on any atom is -0.508 e. The lowest BCUT2D eigenvalue weighted by Crippen LogP contribution is -2.63. The number of carbonyl (C=O) groups excluding carboxylic acids is 1. The molecular weight excluding hydrogens is 720 g/mol. The van der Waals surface area contributed by atoms with Gasteiger partial charge in [-0.3, -0.25) is 4.79 Å². The lowest BCUT2D eigenvalue weighted by Gasteiger charge is -2.46. The van der Waals surface area contributed by atoms with Crippen molar-refractivity contribution < 1.29 is 84.3 Å². The third-order valence-corrected chi connectivity index (χ3v) is 9.06. The lowest BCUT2D eigenvalue weighted by atomic mass is 9.89. The minimum atomic E-state index is -2.04. The summed E-state index contributed by atoms with van der Waals surface area (Å²) in [7, 11) is 0. The van der Waals surface area contributed by atoms with Crippen molar-refractivity contribution in [3.05, 3.63) is 82.0 Å². The van der Waals surface area contributed by atoms with Gasteiger partial charge in [-0.2, -0.15) is 0 Å². The second-order valence-corrected chi connectivity index (χ2v) is 12.6. The molecule has 0 amide bonds. The Morgan fingerprint density at radius 1 is 0.741 bits per heavy atom. The van der Waals surface area contributed by atoms with E-state index in [0.29, 0.717) is 5.56 Å². The van der Waals surface area contributed by atoms with E-state index < -0.39 is 120 Å². The summed E-state index contributed by atoms with van der Waals surface area (Å²) in [5, 5.41) is 115. The van der Waals surface area contributed by atoms with Gasteiger partial charge in [-0.05, 0) is 48.0 Å². The fourth-order valence-corrected chi connectivity index (χ4v) is 6.18. The van der Waals surface area contributed by atoms with Gasteiger partial charge in [-0.1, -0.05) is 6.07 Å². The second-order valence-electron chi connectivity index (χ2n) is 12.6. The molecule has 18 heteroatoms. The Morgan fingerprint density at radius 3 is 2.13 bits per heavy atom. The van der Waals surface area contributed by atoms with Crippen LogP contribution in [-0.2, 0) is 23.7 Å². The predicted molar refractivity (Wildman–Crippen MR) is 181 cm³/mol. The third-order valence-electron chi connectivity index (χ3n) is 9.06. The summed E-state index contributed by atoms with van der Waals surface area (Å²) in [5.74, 6) is -3.43. The van der Waals surface area contributed by atoms with E-state index in [1.54, 1.807) is 0 Å². The molecule has 4 aromatic rings. The van der Waals surface area contributed by atoms with E-state index >= 15 is 0 Å². The van der Waals surface area contributed by atoms with Crippen LogP contribution < -0.4 is 5.43 Å². The van der Waals surface area contributed by atoms with E-state index in [-0.39, 0.29) is 22.8 Å². The monoisotopic (exact) mass is 756 g/mol. The van der Waals surface area contributed by atoms with Crippen LogP contribution in [0.4, 0.5) is 0 Å². The van der Waals surface area contributed by atoms with Crippen LogP contribution in [-0.4, -0.2) is 130 Å². The number of phenolic OH excluding ortho intramolecular Hbond substituents is 5. The van der Waals surface area contributed by atoms with Crippen molar-refractivity contribution in [1.82, 2.24) is 0 Å². The Kier molecular flexibility index (Phi) is 11.1. The number of aliphatic hydroxyl groups is 6. The Balaban J connectivity index is 1.31. The van der Waals surface area contributed by atoms with Crippen LogP contribution in [0.2, 0.25) is 0 Å². The van der Waals surface area contributed by atoms with Crippen molar-refractivity contribution in [3.8, 4) is 40.1 Å². The van der Waals surface area contributed by atoms with E-state index in [2.05, 4.69) is 0 Å². The third kappa shape index (κ3) is 7.55. The van der Waals surface area contributed by atoms with Crippen molar-refractivity contribution in [2.75, 3.05) is 13.2 Å². The zero-order valence-corrected chi connectivity index (χ0v) is 27.8. The normalized spacial score (nSPS) is 28.7. The van der Waals surface area contributed by atoms with Gasteiger partial charge in [0.25, 0.3) is 0 Å². The van der Waals surface area contributed by atoms with Crippen molar-refractivity contribution in [2.45, 2.75) is 61.2 Å². The number of hydrogen-bond acceptors (Lipinski definition) is 18. The average Bonchev–Trinajstić information content (AvgIpc) is 3.14. The molecule has 0 unspecified atom stereocenters. The lowest BCUT2D eigenvalue weighted by molar-refractivity contribution is -0.342. The highest BCUT2D eigenvalue weighted by molar-refractivity contribution is 5.90. The Bertz CT molecular complexity index is 2080. The first-order valence-corrected chi connectivity index (χ1v) is 16.3. The van der Waals surface area contributed by atoms with Gasteiger partial charge in [0.05, 0.1) is 12.2 Å². The zero-order chi connectivity index (χ0) is 39.0. The molecule has 18 nitrogen and oxygen atoms in total. The molecule has 6 rings (SSSR count). The Labute approximate surface area is 303 Å². The first-order valence-electron chi connectivity index (χ1n) is 16.3. The van der Waals surface area contributed by atoms with Crippen LogP contribution in [0.1, 0.15) is 17.2 Å². The Morgan fingerprint density at radius 2 is 1.44 bits per heavy atom. The average molecular weight is 757 g/mol. The molecule has 0 aliphatic carbocycles. The topological polar surface area (TPSA) is 307 Å². The molecule has 3 aromatic carbocycles. The summed E-state index contributed by atoms with van der Waals surface area (Å²) >= 11 is 0. The molecule has 2 aliphatic rings. The number of phenols is 5. The van der Waals surface area contributed by atoms with Gasteiger partial charge in [-0.15, -0.1) is 0 Å². The van der Waals surface area contributed by atoms with Crippen LogP contribution >= 0.6 is 0 Å². The van der Waals surface area contributed by atoms with Gasteiger partial charge in [-0.25, -0.2) is 4.79 Å². The van der Waals surface area contributed by atoms with Crippen molar-refractivity contribution in [3.63, 3.8) is 0 Å². The van der Waals surface area contributed by atoms with Gasteiger partial charge in [0, 0.05) is 23.8 Å². The molecule has 2 saturated heterocycles. The molecule has 0 saturated carbocycles. The molecule has 0 radical (unpaired) electrons. The largest absolute Gasteiger partial charge is 0.508 e. The van der Waals surface area contributed by atoms with Gasteiger partial charge < -0.3 is 79.5 Å². The summed E-state index contributed by atoms with van der Waals surface area (Å²) in [6.07, 6.45) is -16.3. The summed E-state index contributed by atoms with van der Waals surface area (Å²) in [4.78, 5) is 25.8. The van der Waals surface area contributed by atoms with Gasteiger partial charge in [0.2, 0.25) is 0 Å². The number of benzene rings is 3. The minimum absolute atomic E-state index is 0.0921. The molecular formula is C36H36O18. The highest BCUT2D eigenvalue weighted by Gasteiger charge is 2.52. The van der Waals surface area contributed by atoms with E-state index in [0.717, 1.165) is 18.2 Å². The standard InChI is InChI=1S/C36H36O18/c37-12-23-28(45)31(48)35(34(52-23)27-20(42)10-19(41)26-21(43)11-22(51-33(26)27)15-3-5-16(38)6-4-15)54-36-32(49)30(47)29(46)24(53-36)13-50-25(44)8-2-14-1-7-17(39)18(40)9-14/h1-11,23-24,28-32,34-42,45-49H,12-13H2/b8-2+/t23-,24+,28-,29-,30-,31+,32+,34+,35-,36+/m0/s1. The predicted octanol–water partition coefficient (Wildman–Crippen LogP) is -0.409. The number of fused-ring (bicyclic) bond motifs is 1. The fraction of sp³-hybridized carbons (Fsp3) is 0.333. The smallest absolute Gasteiger partial charge is 0.330 e. The number of carbonyl (C=O) groups is 1. The van der Waals surface area contributed by atoms with E-state index in [1.807, 2.05) is 0 Å². The number of hydrogen-bond donors (Lipinski definition) is 11. The van der Waals surface area contributed by atoms with Crippen molar-refractivity contribution >= 4 is 23.0 Å². The molecule has 0 bridgehead atoms. The van der Waals surface area contributed by atoms with E-state index in [9.17, 15) is 65.8 Å². The molecule has 0 spiro atoms. The summed E-state index contributed by atoms with van der Waals surface area (Å²) < 4.78 is 28.5. The summed E-state index contributed by atoms with van der Waals surface area (Å²) in [5.41, 5.74) is -1.07. The van der Waals surface area contributed by atoms with Crippen LogP contribution in [0, 0.1) is 0 Å². The number of ether oxygens (including phenoxy) is 4. The molecule has 10 atom stereocenters. The molecule has 2 fully saturated rings. The second kappa shape index (κ2) is 15.6. The number of esters is 1. The fourth-order valence-electron chi connectivity index (χ4n) is 6.18. The number of aliphatic hydroxyl groups excluding tert-OH is 6. The number of rotatable bonds is 9. The molecule has 2 aliphatic heterocycles. The highest BCUT2D eigenvalue weighted by Crippen LogP contribution is 2.45. The molecule has 3 heterocycles. The molecule has 54 heavy (non-hydrogen) atoms. The van der Waals surface area contributed by atoms with E-state index in [1.165, 1.54) is 48.5 Å². The number of aromatic hydroxyl groups is 5. The van der Waals surface area contributed by atoms with E-state index in [4.69, 9.17) is 23.4 Å². The molecule has 288 valence electrons. The Hall–Kier alpha value is -5.28. The van der Waals surface area contributed by atoms with Crippen molar-refractivity contribution in [2.24, 2.45) is 0 Å². The zero-order valence-electron chi connectivity index (χ0n) is 27.8. The van der Waals surface area contributed by atoms with Gasteiger partial charge in [0.15, 0.2) is 28.8 Å². The van der Waals surface area contributed by atoms with Gasteiger partial charge >= 0.3 is 5.97 Å². The molecule has 11 N–H and O–H groups in total. The van der Waals surface area contributed by atoms with Crippen LogP contribution in [0.3, 0.4) is 0 Å². The van der Waals surface area contributed by atoms with Crippen LogP contribution in [0.15, 0.2) is 69.9 Å². The van der Waals surface area contributed by atoms with Crippen LogP contribution in [0.5, 0.6) is 28.7 Å². The maximum atomic E-state index is 13.3. The maximum absolute atomic E-state index is 13.3.